The summed E-state index contributed by atoms with van der Waals surface area (Å²) < 4.78 is 0. The minimum Gasteiger partial charge on any atom is -0.481 e. The van der Waals surface area contributed by atoms with Crippen LogP contribution in [-0.4, -0.2) is 28.5 Å². The van der Waals surface area contributed by atoms with Gasteiger partial charge in [0.15, 0.2) is 5.13 Å². The lowest BCUT2D eigenvalue weighted by Crippen LogP contribution is -2.25. The zero-order chi connectivity index (χ0) is 14.5. The summed E-state index contributed by atoms with van der Waals surface area (Å²) in [5, 5.41) is 11.4. The van der Waals surface area contributed by atoms with Crippen molar-refractivity contribution >= 4 is 28.3 Å². The number of carbonyl (C=O) groups excluding carboxylic acids is 1. The van der Waals surface area contributed by atoms with E-state index in [0.717, 1.165) is 16.9 Å². The van der Waals surface area contributed by atoms with Gasteiger partial charge in [0.1, 0.15) is 4.88 Å². The van der Waals surface area contributed by atoms with Gasteiger partial charge in [-0.3, -0.25) is 9.59 Å². The van der Waals surface area contributed by atoms with Gasteiger partial charge in [-0.1, -0.05) is 41.7 Å². The molecule has 0 saturated heterocycles. The zero-order valence-electron chi connectivity index (χ0n) is 10.5. The SMILES string of the molecule is Nc1nc(-c2ccccc2)c(C(=O)NCCC(=O)O)s1. The number of benzene rings is 1. The molecule has 0 unspecified atom stereocenters. The molecule has 4 N–H and O–H groups in total. The Morgan fingerprint density at radius 1 is 1.30 bits per heavy atom. The minimum absolute atomic E-state index is 0.0696. The fraction of sp³-hybridized carbons (Fsp3) is 0.154. The van der Waals surface area contributed by atoms with Gasteiger partial charge >= 0.3 is 5.97 Å². The maximum absolute atomic E-state index is 12.0. The third-order valence-electron chi connectivity index (χ3n) is 2.52. The summed E-state index contributed by atoms with van der Waals surface area (Å²) in [5.41, 5.74) is 6.97. The molecule has 2 rings (SSSR count). The molecule has 1 aromatic heterocycles. The highest BCUT2D eigenvalue weighted by atomic mass is 32.1. The van der Waals surface area contributed by atoms with E-state index in [1.807, 2.05) is 30.3 Å². The van der Waals surface area contributed by atoms with E-state index < -0.39 is 5.97 Å². The third kappa shape index (κ3) is 3.33. The lowest BCUT2D eigenvalue weighted by atomic mass is 10.1. The molecule has 0 atom stereocenters. The van der Waals surface area contributed by atoms with Crippen LogP contribution in [0.25, 0.3) is 11.3 Å². The highest BCUT2D eigenvalue weighted by Gasteiger charge is 2.18. The van der Waals surface area contributed by atoms with Crippen LogP contribution in [0.2, 0.25) is 0 Å². The van der Waals surface area contributed by atoms with Crippen LogP contribution >= 0.6 is 11.3 Å². The molecule has 1 amide bonds. The van der Waals surface area contributed by atoms with E-state index in [1.54, 1.807) is 0 Å². The number of anilines is 1. The van der Waals surface area contributed by atoms with E-state index in [9.17, 15) is 9.59 Å². The first-order valence-corrected chi connectivity index (χ1v) is 6.71. The Balaban J connectivity index is 2.20. The molecular weight excluding hydrogens is 278 g/mol. The maximum Gasteiger partial charge on any atom is 0.305 e. The Kier molecular flexibility index (Phi) is 4.31. The second kappa shape index (κ2) is 6.16. The predicted octanol–water partition coefficient (Wildman–Crippen LogP) is 1.60. The second-order valence-corrected chi connectivity index (χ2v) is 5.03. The molecule has 0 radical (unpaired) electrons. The van der Waals surface area contributed by atoms with Crippen LogP contribution in [0.5, 0.6) is 0 Å². The van der Waals surface area contributed by atoms with Crippen LogP contribution in [0.1, 0.15) is 16.1 Å². The molecule has 0 aliphatic heterocycles. The number of hydrogen-bond acceptors (Lipinski definition) is 5. The minimum atomic E-state index is -0.961. The number of carboxylic acids is 1. The maximum atomic E-state index is 12.0. The number of nitrogen functional groups attached to an aromatic ring is 1. The van der Waals surface area contributed by atoms with E-state index in [0.29, 0.717) is 15.7 Å². The fourth-order valence-corrected chi connectivity index (χ4v) is 2.42. The van der Waals surface area contributed by atoms with Crippen LogP contribution in [-0.2, 0) is 4.79 Å². The summed E-state index contributed by atoms with van der Waals surface area (Å²) in [5.74, 6) is -1.32. The quantitative estimate of drug-likeness (QED) is 0.776. The van der Waals surface area contributed by atoms with Gasteiger partial charge in [0.2, 0.25) is 0 Å². The largest absolute Gasteiger partial charge is 0.481 e. The molecule has 0 fully saturated rings. The van der Waals surface area contributed by atoms with Crippen molar-refractivity contribution in [3.8, 4) is 11.3 Å². The first-order chi connectivity index (χ1) is 9.58. The van der Waals surface area contributed by atoms with Gasteiger partial charge in [0, 0.05) is 12.1 Å². The normalized spacial score (nSPS) is 10.2. The van der Waals surface area contributed by atoms with Crippen LogP contribution in [0, 0.1) is 0 Å². The Morgan fingerprint density at radius 3 is 2.65 bits per heavy atom. The highest BCUT2D eigenvalue weighted by Crippen LogP contribution is 2.29. The number of hydrogen-bond donors (Lipinski definition) is 3. The number of thiazole rings is 1. The standard InChI is InChI=1S/C13H13N3O3S/c14-13-16-10(8-4-2-1-3-5-8)11(20-13)12(19)15-7-6-9(17)18/h1-5H,6-7H2,(H2,14,16)(H,15,19)(H,17,18). The first kappa shape index (κ1) is 14.0. The number of nitrogens with zero attached hydrogens (tertiary/aromatic N) is 1. The van der Waals surface area contributed by atoms with Gasteiger partial charge in [0.25, 0.3) is 5.91 Å². The van der Waals surface area contributed by atoms with Gasteiger partial charge in [-0.2, -0.15) is 0 Å². The summed E-state index contributed by atoms with van der Waals surface area (Å²) in [6.45, 7) is 0.0696. The van der Waals surface area contributed by atoms with Crippen molar-refractivity contribution in [2.24, 2.45) is 0 Å². The molecular formula is C13H13N3O3S. The van der Waals surface area contributed by atoms with Crippen molar-refractivity contribution in [2.75, 3.05) is 12.3 Å². The first-order valence-electron chi connectivity index (χ1n) is 5.89. The van der Waals surface area contributed by atoms with E-state index in [4.69, 9.17) is 10.8 Å². The molecule has 0 aliphatic carbocycles. The fourth-order valence-electron chi connectivity index (χ4n) is 1.65. The Bertz CT molecular complexity index is 625. The smallest absolute Gasteiger partial charge is 0.305 e. The zero-order valence-corrected chi connectivity index (χ0v) is 11.3. The Morgan fingerprint density at radius 2 is 2.00 bits per heavy atom. The molecule has 20 heavy (non-hydrogen) atoms. The van der Waals surface area contributed by atoms with Crippen LogP contribution in [0.4, 0.5) is 5.13 Å². The molecule has 1 heterocycles. The number of nitrogens with two attached hydrogens (primary N) is 1. The predicted molar refractivity (Wildman–Crippen MR) is 76.5 cm³/mol. The number of aliphatic carboxylic acids is 1. The number of aromatic nitrogens is 1. The van der Waals surface area contributed by atoms with E-state index in [-0.39, 0.29) is 18.9 Å². The summed E-state index contributed by atoms with van der Waals surface area (Å²) >= 11 is 1.08. The molecule has 0 saturated carbocycles. The summed E-state index contributed by atoms with van der Waals surface area (Å²) in [7, 11) is 0. The molecule has 0 spiro atoms. The highest BCUT2D eigenvalue weighted by molar-refractivity contribution is 7.17. The van der Waals surface area contributed by atoms with Crippen LogP contribution in [0.15, 0.2) is 30.3 Å². The Hall–Kier alpha value is -2.41. The summed E-state index contributed by atoms with van der Waals surface area (Å²) in [4.78, 5) is 27.0. The molecule has 6 nitrogen and oxygen atoms in total. The van der Waals surface area contributed by atoms with Gasteiger partial charge in [-0.05, 0) is 0 Å². The van der Waals surface area contributed by atoms with Gasteiger partial charge in [0.05, 0.1) is 12.1 Å². The van der Waals surface area contributed by atoms with Crippen LogP contribution < -0.4 is 11.1 Å². The topological polar surface area (TPSA) is 105 Å². The monoisotopic (exact) mass is 291 g/mol. The molecule has 104 valence electrons. The summed E-state index contributed by atoms with van der Waals surface area (Å²) in [6, 6.07) is 9.23. The van der Waals surface area contributed by atoms with Gasteiger partial charge in [-0.15, -0.1) is 0 Å². The second-order valence-electron chi connectivity index (χ2n) is 4.00. The van der Waals surface area contributed by atoms with Crippen LogP contribution in [0.3, 0.4) is 0 Å². The summed E-state index contributed by atoms with van der Waals surface area (Å²) in [6.07, 6.45) is -0.124. The van der Waals surface area contributed by atoms with Crippen molar-refractivity contribution in [1.29, 1.82) is 0 Å². The van der Waals surface area contributed by atoms with Gasteiger partial charge < -0.3 is 16.2 Å². The number of carbonyl (C=O) groups is 2. The van der Waals surface area contributed by atoms with Crippen molar-refractivity contribution in [1.82, 2.24) is 10.3 Å². The number of nitrogens with one attached hydrogen (secondary N) is 1. The molecule has 0 aliphatic rings. The molecule has 1 aromatic carbocycles. The molecule has 2 aromatic rings. The van der Waals surface area contributed by atoms with E-state index in [1.165, 1.54) is 0 Å². The van der Waals surface area contributed by atoms with Crippen molar-refractivity contribution in [3.63, 3.8) is 0 Å². The number of rotatable bonds is 5. The van der Waals surface area contributed by atoms with Gasteiger partial charge in [-0.25, -0.2) is 4.98 Å². The average Bonchev–Trinajstić information content (AvgIpc) is 2.81. The average molecular weight is 291 g/mol. The molecule has 7 heteroatoms. The third-order valence-corrected chi connectivity index (χ3v) is 3.40. The number of carboxylic acid groups (broad SMARTS) is 1. The molecule has 0 bridgehead atoms. The Labute approximate surface area is 119 Å². The number of amides is 1. The van der Waals surface area contributed by atoms with Crippen molar-refractivity contribution in [3.05, 3.63) is 35.2 Å². The van der Waals surface area contributed by atoms with E-state index in [2.05, 4.69) is 10.3 Å². The lowest BCUT2D eigenvalue weighted by molar-refractivity contribution is -0.136. The lowest BCUT2D eigenvalue weighted by Gasteiger charge is -2.03. The van der Waals surface area contributed by atoms with Crippen molar-refractivity contribution in [2.45, 2.75) is 6.42 Å². The van der Waals surface area contributed by atoms with Crippen molar-refractivity contribution < 1.29 is 14.7 Å². The van der Waals surface area contributed by atoms with E-state index >= 15 is 0 Å².